The molecule has 0 aromatic heterocycles. The fourth-order valence-corrected chi connectivity index (χ4v) is 7.57. The number of sulfonamides is 2. The van der Waals surface area contributed by atoms with Crippen molar-refractivity contribution in [1.82, 2.24) is 6.15 Å². The zero-order chi connectivity index (χ0) is 38.3. The van der Waals surface area contributed by atoms with Gasteiger partial charge in [-0.05, 0) is 48.0 Å². The molecule has 1 heterocycles. The fourth-order valence-electron chi connectivity index (χ4n) is 5.21. The molecule has 4 aromatic rings. The number of Topliss-reactive ketones (excluding diaryl/α,β-unsaturated/α-hetero) is 1. The van der Waals surface area contributed by atoms with Gasteiger partial charge in [0.15, 0.2) is 11.7 Å². The number of primary sulfonamides is 2. The number of quaternary nitrogens is 1. The first kappa shape index (κ1) is 42.0. The van der Waals surface area contributed by atoms with Crippen LogP contribution in [0.2, 0.25) is 0 Å². The van der Waals surface area contributed by atoms with Gasteiger partial charge in [-0.3, -0.25) is 20.4 Å². The molecule has 18 nitrogen and oxygen atoms in total. The first-order chi connectivity index (χ1) is 25.0. The predicted molar refractivity (Wildman–Crippen MR) is 199 cm³/mol. The number of hydrogen-bond donors (Lipinski definition) is 7. The van der Waals surface area contributed by atoms with Gasteiger partial charge in [-0.2, -0.15) is 10.2 Å². The molecule has 0 unspecified atom stereocenters. The molecule has 0 atom stereocenters. The van der Waals surface area contributed by atoms with E-state index in [1.807, 2.05) is 12.1 Å². The van der Waals surface area contributed by atoms with E-state index in [2.05, 4.69) is 21.1 Å². The third kappa shape index (κ3) is 8.66. The summed E-state index contributed by atoms with van der Waals surface area (Å²) < 4.78 is 76.0. The van der Waals surface area contributed by atoms with Gasteiger partial charge in [0.1, 0.15) is 27.9 Å². The molecule has 1 radical (unpaired) electrons. The monoisotopic (exact) mass is 855 g/mol. The van der Waals surface area contributed by atoms with E-state index in [9.17, 15) is 45.1 Å². The van der Waals surface area contributed by atoms with Crippen molar-refractivity contribution in [2.24, 2.45) is 20.5 Å². The maximum atomic E-state index is 12.9. The standard InChI is InChI=1S/C17H13N3O7S2.C16H13N3O4S.Co.H3N/c18-29(25,26)9-5-6-13(21)12(7-9)19-20-14-15(22)10-3-1-2-4-11(10)16-17(14)28(23,24)8-27-16;17-24(22,23)11-6-8-14(20)13(9-11)18-19-16-12-4-2-1-3-10(12)5-7-15(16)21;;/h1-7,19,21H,8H2,(H2,18,25,26);1-9,18,20H,(H2,17,22,23);;1H3/p+1/b20-14+;19-16-;;. The third-order valence-electron chi connectivity index (χ3n) is 7.76. The number of benzene rings is 4. The molecule has 4 aromatic carbocycles. The van der Waals surface area contributed by atoms with E-state index in [0.717, 1.165) is 29.8 Å². The Balaban J connectivity index is 0.000000240. The van der Waals surface area contributed by atoms with Crippen LogP contribution in [0, 0.1) is 0 Å². The number of ketones is 2. The number of nitrogens with one attached hydrogen (secondary N) is 2. The SMILES string of the molecule is NS(=O)(=O)c1ccc(O)c(N/N=C2\C(=O)C=Cc3ccccc32)c1.NS(=O)(=O)c1ccc(O)c(N/N=C2\C(=O)c3ccccc3C3=C2S(=O)(=O)CO3)c1.[Co].[NH4+]. The fraction of sp³-hybridized carbons (Fsp3) is 0.0303. The zero-order valence-corrected chi connectivity index (χ0v) is 31.6. The molecule has 1 aliphatic heterocycles. The van der Waals surface area contributed by atoms with Crippen LogP contribution in [0.25, 0.3) is 11.8 Å². The normalized spacial score (nSPS) is 16.7. The van der Waals surface area contributed by atoms with Crippen molar-refractivity contribution in [2.75, 3.05) is 16.8 Å². The number of carbonyl (C=O) groups excluding carboxylic acids is 2. The molecule has 0 saturated carbocycles. The Kier molecular flexibility index (Phi) is 12.2. The van der Waals surface area contributed by atoms with Crippen LogP contribution in [0.15, 0.2) is 116 Å². The van der Waals surface area contributed by atoms with E-state index in [-0.39, 0.29) is 83.3 Å². The van der Waals surface area contributed by atoms with Crippen LogP contribution >= 0.6 is 0 Å². The molecule has 0 saturated heterocycles. The number of rotatable bonds is 6. The molecule has 7 rings (SSSR count). The summed E-state index contributed by atoms with van der Waals surface area (Å²) in [6, 6.07) is 20.2. The van der Waals surface area contributed by atoms with Gasteiger partial charge >= 0.3 is 0 Å². The van der Waals surface area contributed by atoms with E-state index >= 15 is 0 Å². The van der Waals surface area contributed by atoms with E-state index in [1.54, 1.807) is 36.4 Å². The molecular formula is C33H30CoN7O11S3+. The Bertz CT molecular complexity index is 2720. The number of phenolic OH excluding ortho intramolecular Hbond substituents is 2. The van der Waals surface area contributed by atoms with Gasteiger partial charge in [0.25, 0.3) is 0 Å². The third-order valence-corrected chi connectivity index (χ3v) is 11.0. The van der Waals surface area contributed by atoms with Gasteiger partial charge in [-0.15, -0.1) is 0 Å². The zero-order valence-electron chi connectivity index (χ0n) is 28.1. The molecule has 0 spiro atoms. The quantitative estimate of drug-likeness (QED) is 0.108. The van der Waals surface area contributed by atoms with Crippen molar-refractivity contribution < 1.29 is 66.6 Å². The van der Waals surface area contributed by atoms with Crippen LogP contribution in [0.1, 0.15) is 27.0 Å². The van der Waals surface area contributed by atoms with Gasteiger partial charge in [-0.1, -0.05) is 54.6 Å². The van der Waals surface area contributed by atoms with Crippen LogP contribution < -0.4 is 27.3 Å². The second-order valence-electron chi connectivity index (χ2n) is 11.3. The summed E-state index contributed by atoms with van der Waals surface area (Å²) in [5.74, 6) is -2.19. The van der Waals surface area contributed by atoms with Crippen molar-refractivity contribution in [2.45, 2.75) is 9.79 Å². The van der Waals surface area contributed by atoms with Crippen LogP contribution in [-0.2, 0) is 56.2 Å². The summed E-state index contributed by atoms with van der Waals surface area (Å²) in [7, 11) is -11.9. The number of hydrogen-bond acceptors (Lipinski definition) is 15. The summed E-state index contributed by atoms with van der Waals surface area (Å²) in [6.07, 6.45) is 3.08. The topological polar surface area (TPSA) is 324 Å². The second-order valence-corrected chi connectivity index (χ2v) is 16.3. The molecule has 0 bridgehead atoms. The van der Waals surface area contributed by atoms with Crippen molar-refractivity contribution in [3.05, 3.63) is 118 Å². The number of phenols is 2. The molecule has 0 fully saturated rings. The van der Waals surface area contributed by atoms with E-state index in [0.29, 0.717) is 11.1 Å². The molecular weight excluding hydrogens is 826 g/mol. The predicted octanol–water partition coefficient (Wildman–Crippen LogP) is 2.60. The molecule has 12 N–H and O–H groups in total. The Morgan fingerprint density at radius 3 is 1.73 bits per heavy atom. The average Bonchev–Trinajstić information content (AvgIpc) is 3.43. The maximum absolute atomic E-state index is 12.9. The van der Waals surface area contributed by atoms with Gasteiger partial charge in [0.05, 0.1) is 21.2 Å². The number of nitrogens with two attached hydrogens (primary N) is 2. The molecule has 22 heteroatoms. The minimum Gasteiger partial charge on any atom is -0.506 e. The Morgan fingerprint density at radius 2 is 1.18 bits per heavy atom. The molecule has 2 aliphatic carbocycles. The Morgan fingerprint density at radius 1 is 0.691 bits per heavy atom. The van der Waals surface area contributed by atoms with E-state index < -0.39 is 47.3 Å². The second kappa shape index (κ2) is 15.9. The summed E-state index contributed by atoms with van der Waals surface area (Å²) >= 11 is 0. The number of allylic oxidation sites excluding steroid dienone is 2. The molecule has 0 amide bonds. The van der Waals surface area contributed by atoms with E-state index in [1.165, 1.54) is 24.3 Å². The van der Waals surface area contributed by atoms with Crippen molar-refractivity contribution in [3.63, 3.8) is 0 Å². The van der Waals surface area contributed by atoms with Gasteiger partial charge in [0.2, 0.25) is 41.5 Å². The molecule has 289 valence electrons. The average molecular weight is 856 g/mol. The number of aromatic hydroxyl groups is 2. The van der Waals surface area contributed by atoms with Crippen molar-refractivity contribution in [1.29, 1.82) is 0 Å². The number of anilines is 2. The summed E-state index contributed by atoms with van der Waals surface area (Å²) in [4.78, 5) is 24.1. The van der Waals surface area contributed by atoms with Crippen LogP contribution in [0.5, 0.6) is 11.5 Å². The minimum absolute atomic E-state index is 0. The maximum Gasteiger partial charge on any atom is 0.238 e. The van der Waals surface area contributed by atoms with Crippen molar-refractivity contribution >= 4 is 76.1 Å². The number of carbonyl (C=O) groups is 2. The smallest absolute Gasteiger partial charge is 0.238 e. The first-order valence-corrected chi connectivity index (χ1v) is 19.7. The Labute approximate surface area is 324 Å². The summed E-state index contributed by atoms with van der Waals surface area (Å²) in [5, 5.41) is 37.8. The van der Waals surface area contributed by atoms with Gasteiger partial charge < -0.3 is 21.1 Å². The molecule has 3 aliphatic rings. The van der Waals surface area contributed by atoms with Crippen LogP contribution in [-0.4, -0.2) is 64.4 Å². The number of sulfone groups is 1. The largest absolute Gasteiger partial charge is 0.506 e. The van der Waals surface area contributed by atoms with Crippen LogP contribution in [0.4, 0.5) is 11.4 Å². The number of ether oxygens (including phenoxy) is 1. The van der Waals surface area contributed by atoms with Crippen molar-refractivity contribution in [3.8, 4) is 11.5 Å². The minimum atomic E-state index is -4.06. The molecule has 55 heavy (non-hydrogen) atoms. The number of nitrogens with zero attached hydrogens (tertiary/aromatic N) is 2. The van der Waals surface area contributed by atoms with Crippen LogP contribution in [0.3, 0.4) is 0 Å². The van der Waals surface area contributed by atoms with Gasteiger partial charge in [-0.25, -0.2) is 35.5 Å². The summed E-state index contributed by atoms with van der Waals surface area (Å²) in [6.45, 7) is 0. The first-order valence-electron chi connectivity index (χ1n) is 14.9. The van der Waals surface area contributed by atoms with Gasteiger partial charge in [0, 0.05) is 33.5 Å². The summed E-state index contributed by atoms with van der Waals surface area (Å²) in [5.41, 5.74) is 6.45. The number of hydrazone groups is 2. The van der Waals surface area contributed by atoms with E-state index in [4.69, 9.17) is 15.0 Å². The Hall–Kier alpha value is -5.72. The number of fused-ring (bicyclic) bond motifs is 3.